The average Bonchev–Trinajstić information content (AvgIpc) is 3.45. The van der Waals surface area contributed by atoms with E-state index in [4.69, 9.17) is 4.74 Å². The van der Waals surface area contributed by atoms with E-state index in [1.807, 2.05) is 121 Å². The molecule has 1 saturated heterocycles. The first kappa shape index (κ1) is 27.4. The second-order valence-electron chi connectivity index (χ2n) is 10.9. The Morgan fingerprint density at radius 2 is 1.31 bits per heavy atom. The Hall–Kier alpha value is -4.75. The summed E-state index contributed by atoms with van der Waals surface area (Å²) in [7, 11) is 3.96. The molecule has 2 heterocycles. The first-order valence-corrected chi connectivity index (χ1v) is 14.3. The van der Waals surface area contributed by atoms with Crippen LogP contribution in [0.3, 0.4) is 0 Å². The molecular weight excluding hydrogens is 524 g/mol. The van der Waals surface area contributed by atoms with E-state index in [9.17, 15) is 9.59 Å². The summed E-state index contributed by atoms with van der Waals surface area (Å²) < 4.78 is 7.32. The lowest BCUT2D eigenvalue weighted by Crippen LogP contribution is -2.36. The molecule has 0 spiro atoms. The maximum atomic E-state index is 13.0. The van der Waals surface area contributed by atoms with Crippen molar-refractivity contribution in [2.75, 3.05) is 50.2 Å². The first-order valence-electron chi connectivity index (χ1n) is 14.3. The van der Waals surface area contributed by atoms with Crippen LogP contribution in [0, 0.1) is 0 Å². The number of carbonyl (C=O) groups is 2. The summed E-state index contributed by atoms with van der Waals surface area (Å²) in [6.45, 7) is 3.21. The lowest BCUT2D eigenvalue weighted by atomic mass is 10.0. The van der Waals surface area contributed by atoms with Crippen LogP contribution in [-0.4, -0.2) is 61.7 Å². The molecule has 42 heavy (non-hydrogen) atoms. The SMILES string of the molecule is CN(C)c1ccc(C(=O)Cc2ccc(-n3ncc4cc(CC(=O)c5ccc(N6CCOCC6)cc5)ccc43)cc2)cc1. The van der Waals surface area contributed by atoms with E-state index < -0.39 is 0 Å². The van der Waals surface area contributed by atoms with Gasteiger partial charge in [0.15, 0.2) is 11.6 Å². The summed E-state index contributed by atoms with van der Waals surface area (Å²) >= 11 is 0. The van der Waals surface area contributed by atoms with E-state index in [-0.39, 0.29) is 11.6 Å². The Kier molecular flexibility index (Phi) is 7.84. The molecule has 6 rings (SSSR count). The van der Waals surface area contributed by atoms with Crippen molar-refractivity contribution in [3.63, 3.8) is 0 Å². The van der Waals surface area contributed by atoms with Crippen LogP contribution in [0.1, 0.15) is 31.8 Å². The highest BCUT2D eigenvalue weighted by molar-refractivity contribution is 5.99. The standard InChI is InChI=1S/C35H34N4O3/c1-37(2)30-12-6-27(7-13-30)34(40)22-25-3-10-32(11-4-25)39-33-16-5-26(21-29(33)24-36-39)23-35(41)28-8-14-31(15-9-28)38-17-19-42-20-18-38/h3-16,21,24H,17-20,22-23H2,1-2H3. The van der Waals surface area contributed by atoms with Crippen LogP contribution >= 0.6 is 0 Å². The molecule has 0 aliphatic carbocycles. The molecule has 7 heteroatoms. The normalized spacial score (nSPS) is 13.3. The van der Waals surface area contributed by atoms with Crippen LogP contribution in [0.25, 0.3) is 16.6 Å². The fourth-order valence-corrected chi connectivity index (χ4v) is 5.35. The van der Waals surface area contributed by atoms with Gasteiger partial charge < -0.3 is 14.5 Å². The number of hydrogen-bond donors (Lipinski definition) is 0. The highest BCUT2D eigenvalue weighted by Gasteiger charge is 2.14. The second-order valence-corrected chi connectivity index (χ2v) is 10.9. The van der Waals surface area contributed by atoms with Gasteiger partial charge >= 0.3 is 0 Å². The van der Waals surface area contributed by atoms with Gasteiger partial charge in [-0.2, -0.15) is 5.10 Å². The number of ketones is 2. The van der Waals surface area contributed by atoms with E-state index in [0.29, 0.717) is 24.0 Å². The number of nitrogens with zero attached hydrogens (tertiary/aromatic N) is 4. The van der Waals surface area contributed by atoms with Crippen LogP contribution in [0.2, 0.25) is 0 Å². The summed E-state index contributed by atoms with van der Waals surface area (Å²) in [5.74, 6) is 0.182. The molecule has 0 N–H and O–H groups in total. The van der Waals surface area contributed by atoms with Gasteiger partial charge in [0.2, 0.25) is 0 Å². The number of benzene rings is 4. The quantitative estimate of drug-likeness (QED) is 0.214. The fourth-order valence-electron chi connectivity index (χ4n) is 5.35. The smallest absolute Gasteiger partial charge is 0.167 e. The molecule has 0 atom stereocenters. The van der Waals surface area contributed by atoms with E-state index in [0.717, 1.165) is 65.4 Å². The molecule has 0 saturated carbocycles. The van der Waals surface area contributed by atoms with E-state index >= 15 is 0 Å². The predicted octanol–water partition coefficient (Wildman–Crippen LogP) is 5.78. The number of Topliss-reactive ketones (excluding diaryl/α,β-unsaturated/α-hetero) is 2. The van der Waals surface area contributed by atoms with Crippen LogP contribution in [0.4, 0.5) is 11.4 Å². The van der Waals surface area contributed by atoms with Crippen molar-refractivity contribution >= 4 is 33.8 Å². The molecule has 0 bridgehead atoms. The average molecular weight is 559 g/mol. The van der Waals surface area contributed by atoms with E-state index in [2.05, 4.69) is 10.00 Å². The molecule has 0 radical (unpaired) electrons. The van der Waals surface area contributed by atoms with Gasteiger partial charge in [0.25, 0.3) is 0 Å². The van der Waals surface area contributed by atoms with Crippen molar-refractivity contribution < 1.29 is 14.3 Å². The minimum absolute atomic E-state index is 0.0905. The molecule has 7 nitrogen and oxygen atoms in total. The zero-order valence-electron chi connectivity index (χ0n) is 24.0. The van der Waals surface area contributed by atoms with Crippen molar-refractivity contribution in [1.82, 2.24) is 9.78 Å². The Labute approximate surface area is 245 Å². The second kappa shape index (κ2) is 12.0. The van der Waals surface area contributed by atoms with Crippen molar-refractivity contribution in [3.05, 3.63) is 119 Å². The van der Waals surface area contributed by atoms with Crippen molar-refractivity contribution in [3.8, 4) is 5.69 Å². The molecule has 1 fully saturated rings. The van der Waals surface area contributed by atoms with Crippen molar-refractivity contribution in [1.29, 1.82) is 0 Å². The summed E-state index contributed by atoms with van der Waals surface area (Å²) in [5, 5.41) is 5.58. The molecule has 1 aliphatic heterocycles. The van der Waals surface area contributed by atoms with E-state index in [1.165, 1.54) is 0 Å². The van der Waals surface area contributed by atoms with Gasteiger partial charge in [0.1, 0.15) is 0 Å². The highest BCUT2D eigenvalue weighted by atomic mass is 16.5. The van der Waals surface area contributed by atoms with Crippen molar-refractivity contribution in [2.45, 2.75) is 12.8 Å². The van der Waals surface area contributed by atoms with Crippen LogP contribution in [-0.2, 0) is 17.6 Å². The molecule has 4 aromatic carbocycles. The van der Waals surface area contributed by atoms with Gasteiger partial charge in [-0.1, -0.05) is 18.2 Å². The minimum atomic E-state index is 0.0905. The molecule has 5 aromatic rings. The molecule has 1 aliphatic rings. The number of morpholine rings is 1. The third-order valence-electron chi connectivity index (χ3n) is 7.81. The summed E-state index contributed by atoms with van der Waals surface area (Å²) in [6.07, 6.45) is 2.50. The number of carbonyl (C=O) groups excluding carboxylic acids is 2. The predicted molar refractivity (Wildman–Crippen MR) is 167 cm³/mol. The maximum Gasteiger partial charge on any atom is 0.167 e. The summed E-state index contributed by atoms with van der Waals surface area (Å²) in [5.41, 5.74) is 7.40. The topological polar surface area (TPSA) is 67.7 Å². The van der Waals surface area contributed by atoms with Gasteiger partial charge in [-0.3, -0.25) is 9.59 Å². The third-order valence-corrected chi connectivity index (χ3v) is 7.81. The first-order chi connectivity index (χ1) is 20.4. The Morgan fingerprint density at radius 1 is 0.738 bits per heavy atom. The Bertz CT molecular complexity index is 1700. The Morgan fingerprint density at radius 3 is 1.95 bits per heavy atom. The number of fused-ring (bicyclic) bond motifs is 1. The lowest BCUT2D eigenvalue weighted by Gasteiger charge is -2.28. The largest absolute Gasteiger partial charge is 0.378 e. The van der Waals surface area contributed by atoms with Gasteiger partial charge in [0.05, 0.1) is 30.6 Å². The number of hydrogen-bond acceptors (Lipinski definition) is 6. The monoisotopic (exact) mass is 558 g/mol. The number of aromatic nitrogens is 2. The molecule has 0 amide bonds. The Balaban J connectivity index is 1.11. The third kappa shape index (κ3) is 5.97. The van der Waals surface area contributed by atoms with Crippen LogP contribution in [0.5, 0.6) is 0 Å². The molecule has 0 unspecified atom stereocenters. The summed E-state index contributed by atoms with van der Waals surface area (Å²) in [4.78, 5) is 30.1. The summed E-state index contributed by atoms with van der Waals surface area (Å²) in [6, 6.07) is 29.5. The fraction of sp³-hybridized carbons (Fsp3) is 0.229. The van der Waals surface area contributed by atoms with Crippen LogP contribution < -0.4 is 9.80 Å². The van der Waals surface area contributed by atoms with Gasteiger partial charge in [-0.15, -0.1) is 0 Å². The van der Waals surface area contributed by atoms with Crippen LogP contribution in [0.15, 0.2) is 97.2 Å². The lowest BCUT2D eigenvalue weighted by molar-refractivity contribution is 0.0985. The number of rotatable bonds is 9. The van der Waals surface area contributed by atoms with Gasteiger partial charge in [-0.25, -0.2) is 4.68 Å². The zero-order valence-corrected chi connectivity index (χ0v) is 24.0. The van der Waals surface area contributed by atoms with E-state index in [1.54, 1.807) is 0 Å². The molecule has 1 aromatic heterocycles. The molecule has 212 valence electrons. The van der Waals surface area contributed by atoms with Gasteiger partial charge in [-0.05, 0) is 83.9 Å². The van der Waals surface area contributed by atoms with Gasteiger partial charge in [0, 0.05) is 67.9 Å². The minimum Gasteiger partial charge on any atom is -0.378 e. The maximum absolute atomic E-state index is 13.0. The molecular formula is C35H34N4O3. The zero-order chi connectivity index (χ0) is 29.1. The highest BCUT2D eigenvalue weighted by Crippen LogP contribution is 2.23. The number of ether oxygens (including phenoxy) is 1. The van der Waals surface area contributed by atoms with Crippen molar-refractivity contribution in [2.24, 2.45) is 0 Å². The number of anilines is 2.